The number of carbonyl (C=O) groups excluding carboxylic acids is 4. The molecule has 6 amide bonds. The number of hydrazine groups is 2. The summed E-state index contributed by atoms with van der Waals surface area (Å²) in [5.74, 6) is 0.426. The minimum atomic E-state index is -0.737. The molecule has 6 N–H and O–H groups in total. The SMILES string of the molecule is COc1cc(C(=O)NNC(=O)Nc2ccc(NC(=O)NNC(=O)c3cc(OC)c(OC)c(OC)c3)cc2)cc(OC)c1OC. The van der Waals surface area contributed by atoms with Crippen molar-refractivity contribution >= 4 is 35.3 Å². The van der Waals surface area contributed by atoms with Crippen molar-refractivity contribution in [3.63, 3.8) is 0 Å². The maximum absolute atomic E-state index is 12.6. The van der Waals surface area contributed by atoms with E-state index < -0.39 is 23.9 Å². The molecule has 44 heavy (non-hydrogen) atoms. The van der Waals surface area contributed by atoms with Crippen LogP contribution < -0.4 is 60.8 Å². The number of urea groups is 2. The molecule has 0 heterocycles. The lowest BCUT2D eigenvalue weighted by molar-refractivity contribution is 0.0930. The van der Waals surface area contributed by atoms with Crippen LogP contribution in [0.15, 0.2) is 48.5 Å². The summed E-state index contributed by atoms with van der Waals surface area (Å²) in [5, 5.41) is 5.06. The molecule has 234 valence electrons. The van der Waals surface area contributed by atoms with Gasteiger partial charge in [-0.25, -0.2) is 20.4 Å². The summed E-state index contributed by atoms with van der Waals surface area (Å²) in [6.07, 6.45) is 0. The van der Waals surface area contributed by atoms with Gasteiger partial charge in [-0.05, 0) is 48.5 Å². The van der Waals surface area contributed by atoms with Gasteiger partial charge >= 0.3 is 12.1 Å². The van der Waals surface area contributed by atoms with Crippen molar-refractivity contribution < 1.29 is 47.6 Å². The molecule has 0 spiro atoms. The fourth-order valence-electron chi connectivity index (χ4n) is 3.76. The van der Waals surface area contributed by atoms with E-state index >= 15 is 0 Å². The smallest absolute Gasteiger partial charge is 0.337 e. The van der Waals surface area contributed by atoms with Crippen molar-refractivity contribution in [2.45, 2.75) is 0 Å². The van der Waals surface area contributed by atoms with Crippen LogP contribution in [0.5, 0.6) is 34.5 Å². The fourth-order valence-corrected chi connectivity index (χ4v) is 3.76. The Morgan fingerprint density at radius 3 is 1.00 bits per heavy atom. The van der Waals surface area contributed by atoms with Gasteiger partial charge in [-0.2, -0.15) is 0 Å². The number of hydrogen-bond acceptors (Lipinski definition) is 10. The third-order valence-electron chi connectivity index (χ3n) is 5.83. The Bertz CT molecular complexity index is 1350. The van der Waals surface area contributed by atoms with E-state index in [0.29, 0.717) is 22.9 Å². The highest BCUT2D eigenvalue weighted by Crippen LogP contribution is 2.39. The first-order valence-corrected chi connectivity index (χ1v) is 12.6. The third-order valence-corrected chi connectivity index (χ3v) is 5.83. The highest BCUT2D eigenvalue weighted by atomic mass is 16.5. The largest absolute Gasteiger partial charge is 0.493 e. The molecule has 0 aromatic heterocycles. The van der Waals surface area contributed by atoms with Gasteiger partial charge in [-0.3, -0.25) is 20.4 Å². The Balaban J connectivity index is 1.50. The van der Waals surface area contributed by atoms with E-state index in [9.17, 15) is 19.2 Å². The molecule has 0 saturated heterocycles. The molecule has 0 saturated carbocycles. The van der Waals surface area contributed by atoms with Gasteiger partial charge in [-0.15, -0.1) is 0 Å². The van der Waals surface area contributed by atoms with E-state index in [4.69, 9.17) is 28.4 Å². The molecule has 0 radical (unpaired) electrons. The Labute approximate surface area is 252 Å². The Hall–Kier alpha value is -6.06. The number of ether oxygens (including phenoxy) is 6. The van der Waals surface area contributed by atoms with Crippen LogP contribution in [0.1, 0.15) is 20.7 Å². The minimum absolute atomic E-state index is 0.146. The molecule has 3 rings (SSSR count). The van der Waals surface area contributed by atoms with Gasteiger partial charge in [0, 0.05) is 22.5 Å². The zero-order valence-corrected chi connectivity index (χ0v) is 24.7. The van der Waals surface area contributed by atoms with E-state index in [0.717, 1.165) is 0 Å². The van der Waals surface area contributed by atoms with E-state index in [1.807, 2.05) is 0 Å². The summed E-state index contributed by atoms with van der Waals surface area (Å²) in [7, 11) is 8.52. The zero-order chi connectivity index (χ0) is 32.2. The van der Waals surface area contributed by atoms with E-state index in [1.165, 1.54) is 91.2 Å². The lowest BCUT2D eigenvalue weighted by Gasteiger charge is -2.15. The molecular formula is C28H32N6O10. The average molecular weight is 613 g/mol. The van der Waals surface area contributed by atoms with Crippen molar-refractivity contribution in [3.8, 4) is 34.5 Å². The first-order chi connectivity index (χ1) is 21.2. The maximum Gasteiger partial charge on any atom is 0.337 e. The monoisotopic (exact) mass is 612 g/mol. The molecule has 0 bridgehead atoms. The average Bonchev–Trinajstić information content (AvgIpc) is 3.05. The van der Waals surface area contributed by atoms with E-state index in [-0.39, 0.29) is 34.1 Å². The van der Waals surface area contributed by atoms with Gasteiger partial charge in [0.25, 0.3) is 11.8 Å². The second-order valence-electron chi connectivity index (χ2n) is 8.47. The van der Waals surface area contributed by atoms with Crippen LogP contribution in [0.25, 0.3) is 0 Å². The fraction of sp³-hybridized carbons (Fsp3) is 0.214. The Kier molecular flexibility index (Phi) is 11.2. The number of amides is 6. The van der Waals surface area contributed by atoms with Crippen molar-refractivity contribution in [3.05, 3.63) is 59.7 Å². The summed E-state index contributed by atoms with van der Waals surface area (Å²) < 4.78 is 31.4. The number of carbonyl (C=O) groups is 4. The van der Waals surface area contributed by atoms with Crippen LogP contribution >= 0.6 is 0 Å². The molecule has 0 unspecified atom stereocenters. The first-order valence-electron chi connectivity index (χ1n) is 12.6. The number of methoxy groups -OCH3 is 6. The highest BCUT2D eigenvalue weighted by Gasteiger charge is 2.19. The Morgan fingerprint density at radius 2 is 0.750 bits per heavy atom. The number of benzene rings is 3. The predicted molar refractivity (Wildman–Crippen MR) is 158 cm³/mol. The molecule has 0 atom stereocenters. The second-order valence-corrected chi connectivity index (χ2v) is 8.47. The molecule has 0 aliphatic heterocycles. The van der Waals surface area contributed by atoms with Gasteiger partial charge < -0.3 is 39.1 Å². The number of rotatable bonds is 10. The summed E-state index contributed by atoms with van der Waals surface area (Å²) >= 11 is 0. The summed E-state index contributed by atoms with van der Waals surface area (Å²) in [5.41, 5.74) is 10.0. The molecule has 3 aromatic rings. The quantitative estimate of drug-likeness (QED) is 0.185. The predicted octanol–water partition coefficient (Wildman–Crippen LogP) is 2.67. The van der Waals surface area contributed by atoms with Crippen molar-refractivity contribution in [1.82, 2.24) is 21.7 Å². The summed E-state index contributed by atoms with van der Waals surface area (Å²) in [6, 6.07) is 10.3. The van der Waals surface area contributed by atoms with Crippen LogP contribution in [-0.4, -0.2) is 66.5 Å². The molecule has 16 heteroatoms. The third kappa shape index (κ3) is 8.03. The molecule has 0 aliphatic rings. The second kappa shape index (κ2) is 15.2. The molecule has 16 nitrogen and oxygen atoms in total. The number of nitrogens with one attached hydrogen (secondary N) is 6. The topological polar surface area (TPSA) is 196 Å². The Morgan fingerprint density at radius 1 is 0.455 bits per heavy atom. The first kappa shape index (κ1) is 32.5. The maximum atomic E-state index is 12.6. The standard InChI is InChI=1S/C28H32N6O10/c1-39-19-11-15(12-20(40-2)23(19)43-5)25(35)31-33-27(37)29-17-7-9-18(10-8-17)30-28(38)34-32-26(36)16-13-21(41-3)24(44-6)22(14-16)42-4/h7-14H,1-6H3,(H,31,35)(H,32,36)(H2,29,33,37)(H2,30,34,38). The van der Waals surface area contributed by atoms with Gasteiger partial charge in [0.05, 0.1) is 42.7 Å². The van der Waals surface area contributed by atoms with Crippen LogP contribution in [0.3, 0.4) is 0 Å². The minimum Gasteiger partial charge on any atom is -0.493 e. The van der Waals surface area contributed by atoms with Crippen LogP contribution in [0.2, 0.25) is 0 Å². The van der Waals surface area contributed by atoms with E-state index in [2.05, 4.69) is 32.3 Å². The van der Waals surface area contributed by atoms with Crippen molar-refractivity contribution in [2.75, 3.05) is 53.3 Å². The normalized spacial score (nSPS) is 9.95. The van der Waals surface area contributed by atoms with Gasteiger partial charge in [0.15, 0.2) is 23.0 Å². The highest BCUT2D eigenvalue weighted by molar-refractivity contribution is 5.99. The number of anilines is 2. The van der Waals surface area contributed by atoms with Crippen LogP contribution in [0, 0.1) is 0 Å². The van der Waals surface area contributed by atoms with Crippen LogP contribution in [0.4, 0.5) is 21.0 Å². The summed E-state index contributed by atoms with van der Waals surface area (Å²) in [4.78, 5) is 49.7. The van der Waals surface area contributed by atoms with Crippen molar-refractivity contribution in [1.29, 1.82) is 0 Å². The van der Waals surface area contributed by atoms with E-state index in [1.54, 1.807) is 0 Å². The van der Waals surface area contributed by atoms with Crippen molar-refractivity contribution in [2.24, 2.45) is 0 Å². The lowest BCUT2D eigenvalue weighted by Crippen LogP contribution is -2.44. The van der Waals surface area contributed by atoms with Gasteiger partial charge in [0.1, 0.15) is 0 Å². The molecular weight excluding hydrogens is 580 g/mol. The molecule has 3 aromatic carbocycles. The van der Waals surface area contributed by atoms with Gasteiger partial charge in [0.2, 0.25) is 11.5 Å². The molecule has 0 aliphatic carbocycles. The summed E-state index contributed by atoms with van der Waals surface area (Å²) in [6.45, 7) is 0. The van der Waals surface area contributed by atoms with Crippen LogP contribution in [-0.2, 0) is 0 Å². The van der Waals surface area contributed by atoms with Gasteiger partial charge in [-0.1, -0.05) is 0 Å². The lowest BCUT2D eigenvalue weighted by atomic mass is 10.1. The zero-order valence-electron chi connectivity index (χ0n) is 24.7. The number of hydrogen-bond donors (Lipinski definition) is 6. The molecule has 0 fully saturated rings.